The number of hydrogen-bond donors (Lipinski definition) is 2. The minimum absolute atomic E-state index is 0.0122. The quantitative estimate of drug-likeness (QED) is 0.443. The van der Waals surface area contributed by atoms with Crippen molar-refractivity contribution in [2.45, 2.75) is 63.5 Å². The third kappa shape index (κ3) is 5.62. The number of aryl methyl sites for hydroxylation is 1. The predicted octanol–water partition coefficient (Wildman–Crippen LogP) is 5.50. The highest BCUT2D eigenvalue weighted by molar-refractivity contribution is 6.03. The third-order valence-electron chi connectivity index (χ3n) is 7.98. The van der Waals surface area contributed by atoms with Gasteiger partial charge in [0.2, 0.25) is 0 Å². The van der Waals surface area contributed by atoms with Gasteiger partial charge < -0.3 is 10.4 Å². The van der Waals surface area contributed by atoms with Gasteiger partial charge in [-0.15, -0.1) is 0 Å². The highest BCUT2D eigenvalue weighted by Gasteiger charge is 2.38. The smallest absolute Gasteiger partial charge is 0.255 e. The molecule has 5 rings (SSSR count). The van der Waals surface area contributed by atoms with Crippen LogP contribution in [0.3, 0.4) is 0 Å². The number of phenolic OH excluding ortho intramolecular Hbond substituents is 1. The van der Waals surface area contributed by atoms with Crippen molar-refractivity contribution in [3.8, 4) is 5.75 Å². The molecule has 5 nitrogen and oxygen atoms in total. The number of benzene rings is 3. The Morgan fingerprint density at radius 3 is 2.47 bits per heavy atom. The summed E-state index contributed by atoms with van der Waals surface area (Å²) in [4.78, 5) is 28.9. The van der Waals surface area contributed by atoms with Gasteiger partial charge in [-0.2, -0.15) is 0 Å². The highest BCUT2D eigenvalue weighted by atomic mass is 16.3. The molecule has 2 fully saturated rings. The molecule has 36 heavy (non-hydrogen) atoms. The first-order valence-corrected chi connectivity index (χ1v) is 13.4. The molecule has 188 valence electrons. The summed E-state index contributed by atoms with van der Waals surface area (Å²) in [5, 5.41) is 15.5. The van der Waals surface area contributed by atoms with E-state index in [0.29, 0.717) is 30.7 Å². The Balaban J connectivity index is 1.28. The van der Waals surface area contributed by atoms with Gasteiger partial charge in [0, 0.05) is 30.9 Å². The molecule has 1 heterocycles. The molecule has 0 radical (unpaired) electrons. The van der Waals surface area contributed by atoms with Crippen molar-refractivity contribution in [1.29, 1.82) is 0 Å². The van der Waals surface area contributed by atoms with Crippen molar-refractivity contribution in [3.05, 3.63) is 77.9 Å². The SMILES string of the molecule is O=C(N[C@H]1C[C@@H](C(=O)CCc2ccccc2)N(CC2CCCCC2)C1)c1ccc2ccccc2c1O. The zero-order chi connectivity index (χ0) is 24.9. The van der Waals surface area contributed by atoms with E-state index in [1.165, 1.54) is 37.7 Å². The molecule has 0 aromatic heterocycles. The summed E-state index contributed by atoms with van der Waals surface area (Å²) in [7, 11) is 0. The van der Waals surface area contributed by atoms with Gasteiger partial charge >= 0.3 is 0 Å². The average molecular weight is 485 g/mol. The topological polar surface area (TPSA) is 69.6 Å². The minimum atomic E-state index is -0.279. The zero-order valence-corrected chi connectivity index (χ0v) is 20.9. The third-order valence-corrected chi connectivity index (χ3v) is 7.98. The highest BCUT2D eigenvalue weighted by Crippen LogP contribution is 2.31. The predicted molar refractivity (Wildman–Crippen MR) is 143 cm³/mol. The molecule has 3 aromatic carbocycles. The lowest BCUT2D eigenvalue weighted by molar-refractivity contribution is -0.123. The van der Waals surface area contributed by atoms with Crippen molar-refractivity contribution in [1.82, 2.24) is 10.2 Å². The second kappa shape index (κ2) is 11.3. The van der Waals surface area contributed by atoms with Crippen LogP contribution in [0.4, 0.5) is 0 Å². The maximum absolute atomic E-state index is 13.4. The molecule has 2 N–H and O–H groups in total. The molecule has 5 heteroatoms. The van der Waals surface area contributed by atoms with Gasteiger partial charge in [0.05, 0.1) is 11.6 Å². The van der Waals surface area contributed by atoms with E-state index in [4.69, 9.17) is 0 Å². The molecule has 2 aliphatic rings. The van der Waals surface area contributed by atoms with E-state index in [0.717, 1.165) is 18.4 Å². The number of carbonyl (C=O) groups is 2. The van der Waals surface area contributed by atoms with Crippen LogP contribution >= 0.6 is 0 Å². The van der Waals surface area contributed by atoms with Crippen LogP contribution in [0.5, 0.6) is 5.75 Å². The van der Waals surface area contributed by atoms with E-state index >= 15 is 0 Å². The fourth-order valence-corrected chi connectivity index (χ4v) is 6.03. The van der Waals surface area contributed by atoms with Crippen LogP contribution in [0, 0.1) is 5.92 Å². The van der Waals surface area contributed by atoms with Crippen LogP contribution in [0.2, 0.25) is 0 Å². The lowest BCUT2D eigenvalue weighted by Gasteiger charge is -2.30. The summed E-state index contributed by atoms with van der Waals surface area (Å²) in [5.41, 5.74) is 1.46. The number of carbonyl (C=O) groups excluding carboxylic acids is 2. The van der Waals surface area contributed by atoms with E-state index in [9.17, 15) is 14.7 Å². The summed E-state index contributed by atoms with van der Waals surface area (Å²) in [6.07, 6.45) is 8.19. The van der Waals surface area contributed by atoms with Gasteiger partial charge in [-0.25, -0.2) is 0 Å². The molecule has 1 aliphatic carbocycles. The van der Waals surface area contributed by atoms with Crippen molar-refractivity contribution in [3.63, 3.8) is 0 Å². The number of fused-ring (bicyclic) bond motifs is 1. The van der Waals surface area contributed by atoms with Crippen LogP contribution in [0.25, 0.3) is 10.8 Å². The number of phenols is 1. The molecular formula is C31H36N2O3. The van der Waals surface area contributed by atoms with Crippen LogP contribution in [-0.2, 0) is 11.2 Å². The Hall–Kier alpha value is -3.18. The number of amides is 1. The number of nitrogens with one attached hydrogen (secondary N) is 1. The number of hydrogen-bond acceptors (Lipinski definition) is 4. The first-order valence-electron chi connectivity index (χ1n) is 13.4. The average Bonchev–Trinajstić information content (AvgIpc) is 3.30. The number of rotatable bonds is 8. The monoisotopic (exact) mass is 484 g/mol. The van der Waals surface area contributed by atoms with Gasteiger partial charge in [-0.3, -0.25) is 14.5 Å². The van der Waals surface area contributed by atoms with E-state index in [1.807, 2.05) is 48.5 Å². The number of likely N-dealkylation sites (tertiary alicyclic amines) is 1. The molecule has 1 amide bonds. The Morgan fingerprint density at radius 1 is 0.917 bits per heavy atom. The summed E-state index contributed by atoms with van der Waals surface area (Å²) >= 11 is 0. The Kier molecular flexibility index (Phi) is 7.66. The maximum atomic E-state index is 13.4. The normalized spacial score (nSPS) is 21.0. The second-order valence-corrected chi connectivity index (χ2v) is 10.5. The second-order valence-electron chi connectivity index (χ2n) is 10.5. The standard InChI is InChI=1S/C31H36N2O3/c34-29(18-15-22-9-3-1-4-10-22)28-19-25(21-33(28)20-23-11-5-2-6-12-23)32-31(36)27-17-16-24-13-7-8-14-26(24)30(27)35/h1,3-4,7-10,13-14,16-17,23,25,28,35H,2,5-6,11-12,15,18-21H2,(H,32,36)/t25-,28-/m0/s1. The van der Waals surface area contributed by atoms with Gasteiger partial charge in [-0.1, -0.05) is 79.9 Å². The van der Waals surface area contributed by atoms with Crippen molar-refractivity contribution in [2.75, 3.05) is 13.1 Å². The Labute approximate surface area is 213 Å². The number of ketones is 1. The fraction of sp³-hybridized carbons (Fsp3) is 0.419. The molecule has 0 unspecified atom stereocenters. The van der Waals surface area contributed by atoms with Crippen LogP contribution < -0.4 is 5.32 Å². The zero-order valence-electron chi connectivity index (χ0n) is 20.9. The molecule has 2 atom stereocenters. The maximum Gasteiger partial charge on any atom is 0.255 e. The van der Waals surface area contributed by atoms with Gasteiger partial charge in [0.15, 0.2) is 0 Å². The van der Waals surface area contributed by atoms with Crippen molar-refractivity contribution in [2.24, 2.45) is 5.92 Å². The largest absolute Gasteiger partial charge is 0.506 e. The molecular weight excluding hydrogens is 448 g/mol. The van der Waals surface area contributed by atoms with E-state index in [-0.39, 0.29) is 35.1 Å². The van der Waals surface area contributed by atoms with E-state index in [2.05, 4.69) is 22.3 Å². The van der Waals surface area contributed by atoms with Gasteiger partial charge in [0.25, 0.3) is 5.91 Å². The molecule has 0 spiro atoms. The number of nitrogens with zero attached hydrogens (tertiary/aromatic N) is 1. The van der Waals surface area contributed by atoms with Crippen molar-refractivity contribution >= 4 is 22.5 Å². The number of aromatic hydroxyl groups is 1. The summed E-state index contributed by atoms with van der Waals surface area (Å²) < 4.78 is 0. The molecule has 1 saturated carbocycles. The van der Waals surface area contributed by atoms with Crippen LogP contribution in [0.15, 0.2) is 66.7 Å². The van der Waals surface area contributed by atoms with Crippen LogP contribution in [-0.4, -0.2) is 46.9 Å². The lowest BCUT2D eigenvalue weighted by Crippen LogP contribution is -2.40. The first-order chi connectivity index (χ1) is 17.6. The van der Waals surface area contributed by atoms with Crippen LogP contribution in [0.1, 0.15) is 60.9 Å². The molecule has 1 saturated heterocycles. The van der Waals surface area contributed by atoms with Crippen molar-refractivity contribution < 1.29 is 14.7 Å². The molecule has 1 aliphatic heterocycles. The Morgan fingerprint density at radius 2 is 1.67 bits per heavy atom. The van der Waals surface area contributed by atoms with Gasteiger partial charge in [0.1, 0.15) is 11.5 Å². The minimum Gasteiger partial charge on any atom is -0.506 e. The summed E-state index contributed by atoms with van der Waals surface area (Å²) in [6.45, 7) is 1.60. The van der Waals surface area contributed by atoms with E-state index in [1.54, 1.807) is 6.07 Å². The molecule has 0 bridgehead atoms. The fourth-order valence-electron chi connectivity index (χ4n) is 6.03. The van der Waals surface area contributed by atoms with E-state index < -0.39 is 0 Å². The summed E-state index contributed by atoms with van der Waals surface area (Å²) in [6, 6.07) is 20.9. The number of Topliss-reactive ketones (excluding diaryl/α,β-unsaturated/α-hetero) is 1. The first kappa shape index (κ1) is 24.5. The summed E-state index contributed by atoms with van der Waals surface area (Å²) in [5.74, 6) is 0.624. The lowest BCUT2D eigenvalue weighted by atomic mass is 9.88. The Bertz CT molecular complexity index is 1200. The molecule has 3 aromatic rings. The van der Waals surface area contributed by atoms with Gasteiger partial charge in [-0.05, 0) is 48.6 Å².